The fourth-order valence-electron chi connectivity index (χ4n) is 4.75. The van der Waals surface area contributed by atoms with E-state index in [0.29, 0.717) is 19.1 Å². The van der Waals surface area contributed by atoms with Gasteiger partial charge in [0.1, 0.15) is 5.82 Å². The lowest BCUT2D eigenvalue weighted by molar-refractivity contribution is -0.133. The molecule has 5 rings (SSSR count). The second-order valence-corrected chi connectivity index (χ2v) is 8.28. The van der Waals surface area contributed by atoms with Crippen LogP contribution in [0.1, 0.15) is 30.7 Å². The minimum absolute atomic E-state index is 0.255. The van der Waals surface area contributed by atoms with Crippen molar-refractivity contribution in [1.29, 1.82) is 0 Å². The van der Waals surface area contributed by atoms with Crippen LogP contribution < -0.4 is 0 Å². The van der Waals surface area contributed by atoms with Crippen molar-refractivity contribution in [3.05, 3.63) is 40.7 Å². The Balaban J connectivity index is 1.27. The summed E-state index contributed by atoms with van der Waals surface area (Å²) >= 11 is 5.97. The highest BCUT2D eigenvalue weighted by Gasteiger charge is 2.39. The third-order valence-electron chi connectivity index (χ3n) is 6.16. The van der Waals surface area contributed by atoms with Gasteiger partial charge < -0.3 is 9.88 Å². The fraction of sp³-hybridized carbons (Fsp3) is 0.500. The van der Waals surface area contributed by atoms with E-state index in [9.17, 15) is 4.79 Å². The topological polar surface area (TPSA) is 52.2 Å². The number of aromatic nitrogens is 2. The molecule has 0 spiro atoms. The molecule has 3 aliphatic rings. The SMILES string of the molecule is O=C(CN1C[C@@H]2CC[C@H]1C2)N1CCc2nc(-c3ccc(Cl)cc3)[nH]c2C1. The number of fused-ring (bicyclic) bond motifs is 3. The van der Waals surface area contributed by atoms with E-state index in [0.717, 1.165) is 53.2 Å². The van der Waals surface area contributed by atoms with Crippen LogP contribution in [0.15, 0.2) is 24.3 Å². The van der Waals surface area contributed by atoms with E-state index >= 15 is 0 Å². The average molecular weight is 371 g/mol. The first-order chi connectivity index (χ1) is 12.7. The molecule has 26 heavy (non-hydrogen) atoms. The highest BCUT2D eigenvalue weighted by Crippen LogP contribution is 2.37. The van der Waals surface area contributed by atoms with Crippen molar-refractivity contribution in [3.63, 3.8) is 0 Å². The summed E-state index contributed by atoms with van der Waals surface area (Å²) in [6, 6.07) is 8.33. The number of carbonyl (C=O) groups excluding carboxylic acids is 1. The highest BCUT2D eigenvalue weighted by atomic mass is 35.5. The maximum Gasteiger partial charge on any atom is 0.237 e. The van der Waals surface area contributed by atoms with Crippen LogP contribution in [0.25, 0.3) is 11.4 Å². The number of likely N-dealkylation sites (tertiary alicyclic amines) is 1. The third kappa shape index (κ3) is 2.93. The molecule has 1 N–H and O–H groups in total. The second kappa shape index (κ2) is 6.39. The van der Waals surface area contributed by atoms with Gasteiger partial charge >= 0.3 is 0 Å². The van der Waals surface area contributed by atoms with Gasteiger partial charge in [-0.1, -0.05) is 11.6 Å². The second-order valence-electron chi connectivity index (χ2n) is 7.85. The molecule has 2 bridgehead atoms. The van der Waals surface area contributed by atoms with Gasteiger partial charge in [0.05, 0.1) is 24.5 Å². The summed E-state index contributed by atoms with van der Waals surface area (Å²) in [4.78, 5) is 25.3. The van der Waals surface area contributed by atoms with Crippen molar-refractivity contribution in [2.24, 2.45) is 5.92 Å². The maximum absolute atomic E-state index is 12.8. The third-order valence-corrected chi connectivity index (χ3v) is 6.42. The molecule has 2 atom stereocenters. The summed E-state index contributed by atoms with van der Waals surface area (Å²) in [7, 11) is 0. The lowest BCUT2D eigenvalue weighted by atomic mass is 10.1. The Labute approximate surface area is 158 Å². The normalized spacial score (nSPS) is 24.9. The Morgan fingerprint density at radius 1 is 1.27 bits per heavy atom. The van der Waals surface area contributed by atoms with Crippen LogP contribution in [0.2, 0.25) is 5.02 Å². The average Bonchev–Trinajstić information content (AvgIpc) is 3.36. The molecule has 2 aromatic rings. The van der Waals surface area contributed by atoms with Gasteiger partial charge in [0, 0.05) is 36.1 Å². The van der Waals surface area contributed by atoms with E-state index in [1.807, 2.05) is 29.2 Å². The van der Waals surface area contributed by atoms with Gasteiger partial charge in [0.25, 0.3) is 0 Å². The number of benzene rings is 1. The first kappa shape index (κ1) is 16.3. The zero-order chi connectivity index (χ0) is 17.7. The minimum Gasteiger partial charge on any atom is -0.340 e. The molecule has 1 aromatic heterocycles. The number of piperidine rings is 1. The Morgan fingerprint density at radius 3 is 2.85 bits per heavy atom. The number of hydrogen-bond acceptors (Lipinski definition) is 3. The molecule has 136 valence electrons. The minimum atomic E-state index is 0.255. The summed E-state index contributed by atoms with van der Waals surface area (Å²) < 4.78 is 0. The lowest BCUT2D eigenvalue weighted by Gasteiger charge is -2.31. The Hall–Kier alpha value is -1.85. The smallest absolute Gasteiger partial charge is 0.237 e. The quantitative estimate of drug-likeness (QED) is 0.903. The molecular weight excluding hydrogens is 348 g/mol. The molecule has 6 heteroatoms. The van der Waals surface area contributed by atoms with Gasteiger partial charge in [-0.2, -0.15) is 0 Å². The molecule has 5 nitrogen and oxygen atoms in total. The number of rotatable bonds is 3. The number of hydrogen-bond donors (Lipinski definition) is 1. The fourth-order valence-corrected chi connectivity index (χ4v) is 4.87. The summed E-state index contributed by atoms with van der Waals surface area (Å²) in [5.74, 6) is 1.94. The van der Waals surface area contributed by atoms with Crippen LogP contribution in [-0.2, 0) is 17.8 Å². The number of imidazole rings is 1. The Bertz CT molecular complexity index is 831. The zero-order valence-electron chi connectivity index (χ0n) is 14.7. The number of amides is 1. The lowest BCUT2D eigenvalue weighted by Crippen LogP contribution is -2.45. The van der Waals surface area contributed by atoms with Gasteiger partial charge in [0.15, 0.2) is 0 Å². The number of H-pyrrole nitrogens is 1. The first-order valence-electron chi connectivity index (χ1n) is 9.51. The van der Waals surface area contributed by atoms with E-state index in [2.05, 4.69) is 9.88 Å². The van der Waals surface area contributed by atoms with E-state index in [1.54, 1.807) is 0 Å². The predicted octanol–water partition coefficient (Wildman–Crippen LogP) is 3.10. The first-order valence-corrected chi connectivity index (χ1v) is 9.89. The number of nitrogens with one attached hydrogen (secondary N) is 1. The molecule has 0 radical (unpaired) electrons. The van der Waals surface area contributed by atoms with Gasteiger partial charge in [-0.15, -0.1) is 0 Å². The number of nitrogens with zero attached hydrogens (tertiary/aromatic N) is 3. The van der Waals surface area contributed by atoms with Crippen LogP contribution >= 0.6 is 11.6 Å². The molecule has 1 aromatic carbocycles. The summed E-state index contributed by atoms with van der Waals surface area (Å²) in [6.07, 6.45) is 4.73. The number of aromatic amines is 1. The Morgan fingerprint density at radius 2 is 2.12 bits per heavy atom. The van der Waals surface area contributed by atoms with Crippen LogP contribution in [-0.4, -0.2) is 51.4 Å². The van der Waals surface area contributed by atoms with E-state index in [-0.39, 0.29) is 5.91 Å². The molecule has 2 fully saturated rings. The molecule has 1 amide bonds. The van der Waals surface area contributed by atoms with Crippen molar-refractivity contribution < 1.29 is 4.79 Å². The summed E-state index contributed by atoms with van der Waals surface area (Å²) in [5.41, 5.74) is 3.17. The van der Waals surface area contributed by atoms with E-state index in [1.165, 1.54) is 19.3 Å². The van der Waals surface area contributed by atoms with Crippen LogP contribution in [0.5, 0.6) is 0 Å². The van der Waals surface area contributed by atoms with Crippen molar-refractivity contribution in [3.8, 4) is 11.4 Å². The summed E-state index contributed by atoms with van der Waals surface area (Å²) in [6.45, 7) is 3.09. The largest absolute Gasteiger partial charge is 0.340 e. The van der Waals surface area contributed by atoms with Crippen molar-refractivity contribution in [1.82, 2.24) is 19.8 Å². The van der Waals surface area contributed by atoms with Crippen molar-refractivity contribution in [2.45, 2.75) is 38.3 Å². The van der Waals surface area contributed by atoms with Crippen LogP contribution in [0, 0.1) is 5.92 Å². The van der Waals surface area contributed by atoms with E-state index in [4.69, 9.17) is 16.6 Å². The summed E-state index contributed by atoms with van der Waals surface area (Å²) in [5, 5.41) is 0.720. The van der Waals surface area contributed by atoms with E-state index < -0.39 is 0 Å². The molecule has 0 unspecified atom stereocenters. The molecule has 2 aliphatic heterocycles. The Kier molecular flexibility index (Phi) is 4.02. The van der Waals surface area contributed by atoms with Gasteiger partial charge in [-0.05, 0) is 49.4 Å². The monoisotopic (exact) mass is 370 g/mol. The standard InChI is InChI=1S/C20H23ClN4O/c21-15-4-2-14(3-5-15)20-22-17-7-8-24(11-18(17)23-20)19(26)12-25-10-13-1-6-16(25)9-13/h2-5,13,16H,1,6-12H2,(H,22,23)/t13-,16+/m1/s1. The number of carbonyl (C=O) groups is 1. The van der Waals surface area contributed by atoms with Crippen LogP contribution in [0.4, 0.5) is 0 Å². The van der Waals surface area contributed by atoms with Gasteiger partial charge in [-0.25, -0.2) is 4.98 Å². The van der Waals surface area contributed by atoms with Gasteiger partial charge in [-0.3, -0.25) is 9.69 Å². The number of halogens is 1. The molecule has 1 saturated carbocycles. The predicted molar refractivity (Wildman–Crippen MR) is 101 cm³/mol. The molecule has 1 aliphatic carbocycles. The maximum atomic E-state index is 12.8. The van der Waals surface area contributed by atoms with Gasteiger partial charge in [0.2, 0.25) is 5.91 Å². The van der Waals surface area contributed by atoms with Crippen molar-refractivity contribution in [2.75, 3.05) is 19.6 Å². The van der Waals surface area contributed by atoms with Crippen LogP contribution in [0.3, 0.4) is 0 Å². The molecule has 3 heterocycles. The van der Waals surface area contributed by atoms with Crippen molar-refractivity contribution >= 4 is 17.5 Å². The highest BCUT2D eigenvalue weighted by molar-refractivity contribution is 6.30. The zero-order valence-corrected chi connectivity index (χ0v) is 15.5. The molecular formula is C20H23ClN4O. The molecule has 1 saturated heterocycles.